The highest BCUT2D eigenvalue weighted by atomic mass is 15.1. The van der Waals surface area contributed by atoms with Gasteiger partial charge in [0.2, 0.25) is 0 Å². The Bertz CT molecular complexity index is 465. The first-order valence-electron chi connectivity index (χ1n) is 6.41. The molecule has 1 fully saturated rings. The zero-order valence-corrected chi connectivity index (χ0v) is 11.0. The van der Waals surface area contributed by atoms with Crippen molar-refractivity contribution in [3.8, 4) is 6.07 Å². The lowest BCUT2D eigenvalue weighted by Gasteiger charge is -2.18. The highest BCUT2D eigenvalue weighted by Crippen LogP contribution is 2.34. The van der Waals surface area contributed by atoms with Crippen molar-refractivity contribution in [2.24, 2.45) is 11.8 Å². The minimum absolute atomic E-state index is 0.654. The average Bonchev–Trinajstić information content (AvgIpc) is 2.78. The van der Waals surface area contributed by atoms with Crippen molar-refractivity contribution in [2.75, 3.05) is 5.73 Å². The summed E-state index contributed by atoms with van der Waals surface area (Å²) in [5.41, 5.74) is 8.93. The lowest BCUT2D eigenvalue weighted by molar-refractivity contribution is 0.364. The van der Waals surface area contributed by atoms with Crippen molar-refractivity contribution in [3.63, 3.8) is 0 Å². The van der Waals surface area contributed by atoms with Gasteiger partial charge in [-0.1, -0.05) is 19.8 Å². The normalized spacial score (nSPS) is 23.9. The van der Waals surface area contributed by atoms with E-state index in [4.69, 9.17) is 11.0 Å². The number of nitrogen functional groups attached to an aromatic ring is 1. The number of nitrogens with zero attached hydrogens (tertiary/aromatic N) is 2. The van der Waals surface area contributed by atoms with Crippen LogP contribution in [0.5, 0.6) is 0 Å². The SMILES string of the molecule is Cc1c(C#N)c(N)n(CC2CCCC2C)c1C. The minimum Gasteiger partial charge on any atom is -0.384 e. The van der Waals surface area contributed by atoms with Crippen LogP contribution >= 0.6 is 0 Å². The summed E-state index contributed by atoms with van der Waals surface area (Å²) in [5, 5.41) is 9.11. The summed E-state index contributed by atoms with van der Waals surface area (Å²) in [4.78, 5) is 0. The largest absolute Gasteiger partial charge is 0.384 e. The molecule has 0 aliphatic heterocycles. The number of nitriles is 1. The van der Waals surface area contributed by atoms with Crippen LogP contribution in [0.4, 0.5) is 5.82 Å². The maximum absolute atomic E-state index is 9.11. The molecule has 2 unspecified atom stereocenters. The standard InChI is InChI=1S/C14H21N3/c1-9-5-4-6-12(9)8-17-11(3)10(2)13(7-15)14(17)16/h9,12H,4-6,8,16H2,1-3H3. The zero-order valence-electron chi connectivity index (χ0n) is 11.0. The molecule has 0 saturated heterocycles. The van der Waals surface area contributed by atoms with Crippen LogP contribution in [0, 0.1) is 37.0 Å². The number of aromatic nitrogens is 1. The van der Waals surface area contributed by atoms with Crippen molar-refractivity contribution in [2.45, 2.75) is 46.6 Å². The van der Waals surface area contributed by atoms with E-state index in [9.17, 15) is 0 Å². The third-order valence-electron chi connectivity index (χ3n) is 4.44. The first-order valence-corrected chi connectivity index (χ1v) is 6.41. The fourth-order valence-corrected chi connectivity index (χ4v) is 3.00. The van der Waals surface area contributed by atoms with Crippen LogP contribution in [0.3, 0.4) is 0 Å². The first-order chi connectivity index (χ1) is 8.06. The molecule has 92 valence electrons. The van der Waals surface area contributed by atoms with E-state index in [1.165, 1.54) is 19.3 Å². The lowest BCUT2D eigenvalue weighted by Crippen LogP contribution is -2.16. The van der Waals surface area contributed by atoms with E-state index < -0.39 is 0 Å². The van der Waals surface area contributed by atoms with Crippen LogP contribution in [0.25, 0.3) is 0 Å². The molecule has 0 spiro atoms. The molecule has 0 radical (unpaired) electrons. The molecule has 2 rings (SSSR count). The predicted molar refractivity (Wildman–Crippen MR) is 69.5 cm³/mol. The molecule has 3 nitrogen and oxygen atoms in total. The number of hydrogen-bond acceptors (Lipinski definition) is 2. The Balaban J connectivity index is 2.30. The van der Waals surface area contributed by atoms with Gasteiger partial charge in [0.15, 0.2) is 0 Å². The summed E-state index contributed by atoms with van der Waals surface area (Å²) < 4.78 is 2.14. The van der Waals surface area contributed by atoms with E-state index >= 15 is 0 Å². The van der Waals surface area contributed by atoms with Crippen LogP contribution in [0.2, 0.25) is 0 Å². The topological polar surface area (TPSA) is 54.7 Å². The second-order valence-corrected chi connectivity index (χ2v) is 5.36. The quantitative estimate of drug-likeness (QED) is 0.850. The van der Waals surface area contributed by atoms with Gasteiger partial charge in [0.05, 0.1) is 5.56 Å². The van der Waals surface area contributed by atoms with Gasteiger partial charge in [0, 0.05) is 12.2 Å². The van der Waals surface area contributed by atoms with Crippen molar-refractivity contribution in [1.82, 2.24) is 4.57 Å². The maximum Gasteiger partial charge on any atom is 0.122 e. The molecule has 0 amide bonds. The molecule has 17 heavy (non-hydrogen) atoms. The van der Waals surface area contributed by atoms with E-state index in [0.717, 1.165) is 23.7 Å². The summed E-state index contributed by atoms with van der Waals surface area (Å²) in [6.45, 7) is 7.34. The molecule has 1 aliphatic rings. The van der Waals surface area contributed by atoms with Crippen LogP contribution in [0.1, 0.15) is 43.0 Å². The summed E-state index contributed by atoms with van der Waals surface area (Å²) in [5.74, 6) is 2.15. The summed E-state index contributed by atoms with van der Waals surface area (Å²) >= 11 is 0. The lowest BCUT2D eigenvalue weighted by atomic mass is 9.98. The molecule has 2 atom stereocenters. The highest BCUT2D eigenvalue weighted by Gasteiger charge is 2.25. The van der Waals surface area contributed by atoms with Gasteiger partial charge in [-0.05, 0) is 37.7 Å². The molecule has 0 bridgehead atoms. The van der Waals surface area contributed by atoms with Gasteiger partial charge < -0.3 is 10.3 Å². The Morgan fingerprint density at radius 3 is 2.59 bits per heavy atom. The van der Waals surface area contributed by atoms with Gasteiger partial charge in [0.1, 0.15) is 11.9 Å². The summed E-state index contributed by atoms with van der Waals surface area (Å²) in [7, 11) is 0. The van der Waals surface area contributed by atoms with Crippen molar-refractivity contribution in [1.29, 1.82) is 5.26 Å². The zero-order chi connectivity index (χ0) is 12.6. The Kier molecular flexibility index (Phi) is 3.15. The molecule has 1 heterocycles. The summed E-state index contributed by atoms with van der Waals surface area (Å²) in [6, 6.07) is 2.22. The molecule has 2 N–H and O–H groups in total. The Labute approximate surface area is 103 Å². The molecular formula is C14H21N3. The smallest absolute Gasteiger partial charge is 0.122 e. The predicted octanol–water partition coefficient (Wildman–Crippen LogP) is 3.00. The second kappa shape index (κ2) is 4.44. The Morgan fingerprint density at radius 1 is 1.41 bits per heavy atom. The minimum atomic E-state index is 0.654. The molecule has 0 aromatic carbocycles. The monoisotopic (exact) mass is 231 g/mol. The van der Waals surface area contributed by atoms with Gasteiger partial charge in [-0.15, -0.1) is 0 Å². The fourth-order valence-electron chi connectivity index (χ4n) is 3.00. The number of hydrogen-bond donors (Lipinski definition) is 1. The number of nitrogens with two attached hydrogens (primary N) is 1. The Morgan fingerprint density at radius 2 is 2.12 bits per heavy atom. The fraction of sp³-hybridized carbons (Fsp3) is 0.643. The number of rotatable bonds is 2. The van der Waals surface area contributed by atoms with Gasteiger partial charge in [0.25, 0.3) is 0 Å². The third kappa shape index (κ3) is 1.93. The van der Waals surface area contributed by atoms with Crippen LogP contribution < -0.4 is 5.73 Å². The van der Waals surface area contributed by atoms with E-state index in [-0.39, 0.29) is 0 Å². The van der Waals surface area contributed by atoms with Crippen LogP contribution in [-0.2, 0) is 6.54 Å². The summed E-state index contributed by atoms with van der Waals surface area (Å²) in [6.07, 6.45) is 3.95. The second-order valence-electron chi connectivity index (χ2n) is 5.36. The van der Waals surface area contributed by atoms with Gasteiger partial charge in [-0.3, -0.25) is 0 Å². The average molecular weight is 231 g/mol. The third-order valence-corrected chi connectivity index (χ3v) is 4.44. The van der Waals surface area contributed by atoms with E-state index in [1.54, 1.807) is 0 Å². The van der Waals surface area contributed by atoms with Crippen molar-refractivity contribution < 1.29 is 0 Å². The van der Waals surface area contributed by atoms with Crippen LogP contribution in [-0.4, -0.2) is 4.57 Å². The van der Waals surface area contributed by atoms with Gasteiger partial charge in [-0.2, -0.15) is 5.26 Å². The molecule has 3 heteroatoms. The molecule has 1 aromatic heterocycles. The molecule has 1 aliphatic carbocycles. The first kappa shape index (κ1) is 12.0. The van der Waals surface area contributed by atoms with Crippen molar-refractivity contribution >= 4 is 5.82 Å². The molecular weight excluding hydrogens is 210 g/mol. The maximum atomic E-state index is 9.11. The van der Waals surface area contributed by atoms with E-state index in [1.807, 2.05) is 6.92 Å². The van der Waals surface area contributed by atoms with Gasteiger partial charge >= 0.3 is 0 Å². The van der Waals surface area contributed by atoms with E-state index in [2.05, 4.69) is 24.5 Å². The van der Waals surface area contributed by atoms with E-state index in [0.29, 0.717) is 17.3 Å². The molecule has 1 saturated carbocycles. The van der Waals surface area contributed by atoms with Crippen molar-refractivity contribution in [3.05, 3.63) is 16.8 Å². The number of anilines is 1. The van der Waals surface area contributed by atoms with Crippen LogP contribution in [0.15, 0.2) is 0 Å². The van der Waals surface area contributed by atoms with Gasteiger partial charge in [-0.25, -0.2) is 0 Å². The highest BCUT2D eigenvalue weighted by molar-refractivity contribution is 5.57. The molecule has 1 aromatic rings. The Hall–Kier alpha value is -1.43.